The number of benzene rings is 2. The fraction of sp³-hybridized carbons (Fsp3) is 0.0769. The average Bonchev–Trinajstić information content (AvgIpc) is 2.32. The van der Waals surface area contributed by atoms with E-state index in [-0.39, 0.29) is 12.2 Å². The first-order valence-corrected chi connectivity index (χ1v) is 5.19. The average molecular weight is 255 g/mol. The molecule has 0 unspecified atom stereocenters. The predicted molar refractivity (Wildman–Crippen MR) is 60.0 cm³/mol. The van der Waals surface area contributed by atoms with Crippen molar-refractivity contribution < 1.29 is 17.6 Å². The van der Waals surface area contributed by atoms with Gasteiger partial charge in [0.2, 0.25) is 0 Å². The minimum Gasteiger partial charge on any atom is -0.379 e. The van der Waals surface area contributed by atoms with Crippen LogP contribution in [0.1, 0.15) is 5.56 Å². The van der Waals surface area contributed by atoms with Crippen LogP contribution in [0.2, 0.25) is 0 Å². The topological polar surface area (TPSA) is 12.0 Å². The number of rotatable bonds is 3. The Morgan fingerprint density at radius 1 is 0.778 bits per heavy atom. The van der Waals surface area contributed by atoms with Gasteiger partial charge >= 0.3 is 0 Å². The maximum Gasteiger partial charge on any atom is 0.159 e. The molecular weight excluding hydrogens is 246 g/mol. The van der Waals surface area contributed by atoms with Gasteiger partial charge in [-0.2, -0.15) is 0 Å². The van der Waals surface area contributed by atoms with E-state index >= 15 is 0 Å². The molecule has 0 bridgehead atoms. The van der Waals surface area contributed by atoms with Crippen LogP contribution in [-0.4, -0.2) is 0 Å². The van der Waals surface area contributed by atoms with E-state index in [0.29, 0.717) is 5.56 Å². The Kier molecular flexibility index (Phi) is 3.50. The molecule has 5 heteroatoms. The summed E-state index contributed by atoms with van der Waals surface area (Å²) in [7, 11) is 0. The zero-order chi connectivity index (χ0) is 13.1. The third kappa shape index (κ3) is 2.80. The highest BCUT2D eigenvalue weighted by atomic mass is 19.2. The van der Waals surface area contributed by atoms with E-state index in [1.54, 1.807) is 0 Å². The maximum atomic E-state index is 13.3. The Bertz CT molecular complexity index is 569. The third-order valence-electron chi connectivity index (χ3n) is 2.40. The van der Waals surface area contributed by atoms with E-state index in [1.165, 1.54) is 12.1 Å². The molecule has 0 atom stereocenters. The van der Waals surface area contributed by atoms with Gasteiger partial charge in [0.25, 0.3) is 0 Å². The van der Waals surface area contributed by atoms with Crippen molar-refractivity contribution in [2.24, 2.45) is 0 Å². The van der Waals surface area contributed by atoms with Crippen molar-refractivity contribution in [2.45, 2.75) is 6.54 Å². The molecule has 0 saturated carbocycles. The quantitative estimate of drug-likeness (QED) is 0.821. The van der Waals surface area contributed by atoms with Crippen molar-refractivity contribution in [3.8, 4) is 0 Å². The second kappa shape index (κ2) is 5.08. The Labute approximate surface area is 101 Å². The lowest BCUT2D eigenvalue weighted by Crippen LogP contribution is -2.02. The Morgan fingerprint density at radius 2 is 1.56 bits per heavy atom. The van der Waals surface area contributed by atoms with Crippen molar-refractivity contribution in [3.63, 3.8) is 0 Å². The van der Waals surface area contributed by atoms with Crippen LogP contribution in [0.3, 0.4) is 0 Å². The summed E-state index contributed by atoms with van der Waals surface area (Å²) in [4.78, 5) is 0. The molecule has 18 heavy (non-hydrogen) atoms. The molecule has 2 aromatic carbocycles. The first-order chi connectivity index (χ1) is 8.56. The normalized spacial score (nSPS) is 10.4. The summed E-state index contributed by atoms with van der Waals surface area (Å²) >= 11 is 0. The minimum atomic E-state index is -0.964. The summed E-state index contributed by atoms with van der Waals surface area (Å²) in [6.45, 7) is 0.111. The Hall–Kier alpha value is -2.04. The fourth-order valence-corrected chi connectivity index (χ4v) is 1.48. The van der Waals surface area contributed by atoms with Crippen molar-refractivity contribution in [1.82, 2.24) is 0 Å². The Morgan fingerprint density at radius 3 is 2.22 bits per heavy atom. The molecule has 1 N–H and O–H groups in total. The molecule has 0 saturated heterocycles. The highest BCUT2D eigenvalue weighted by Gasteiger charge is 2.05. The molecule has 0 amide bonds. The first-order valence-electron chi connectivity index (χ1n) is 5.19. The van der Waals surface area contributed by atoms with Crippen molar-refractivity contribution in [1.29, 1.82) is 0 Å². The highest BCUT2D eigenvalue weighted by molar-refractivity contribution is 5.45. The number of anilines is 1. The lowest BCUT2D eigenvalue weighted by atomic mass is 10.2. The van der Waals surface area contributed by atoms with Crippen LogP contribution in [0.25, 0.3) is 0 Å². The van der Waals surface area contributed by atoms with E-state index in [2.05, 4.69) is 5.32 Å². The molecule has 0 aromatic heterocycles. The van der Waals surface area contributed by atoms with Gasteiger partial charge in [0.1, 0.15) is 11.6 Å². The van der Waals surface area contributed by atoms with Crippen LogP contribution in [0.5, 0.6) is 0 Å². The van der Waals surface area contributed by atoms with Crippen molar-refractivity contribution in [2.75, 3.05) is 5.32 Å². The lowest BCUT2D eigenvalue weighted by Gasteiger charge is -2.08. The van der Waals surface area contributed by atoms with Gasteiger partial charge in [-0.15, -0.1) is 0 Å². The zero-order valence-electron chi connectivity index (χ0n) is 9.18. The van der Waals surface area contributed by atoms with Crippen LogP contribution in [-0.2, 0) is 6.54 Å². The molecule has 0 radical (unpaired) electrons. The number of nitrogens with one attached hydrogen (secondary N) is 1. The van der Waals surface area contributed by atoms with E-state index in [9.17, 15) is 17.6 Å². The van der Waals surface area contributed by atoms with Crippen LogP contribution in [0, 0.1) is 23.3 Å². The van der Waals surface area contributed by atoms with Gasteiger partial charge < -0.3 is 5.32 Å². The van der Waals surface area contributed by atoms with Crippen LogP contribution in [0.15, 0.2) is 36.4 Å². The molecule has 0 aliphatic carbocycles. The fourth-order valence-electron chi connectivity index (χ4n) is 1.48. The SMILES string of the molecule is Fc1ccc(NCc2ccc(F)c(F)c2)c(F)c1. The van der Waals surface area contributed by atoms with Crippen molar-refractivity contribution >= 4 is 5.69 Å². The molecular formula is C13H9F4N. The molecule has 1 nitrogen and oxygen atoms in total. The van der Waals surface area contributed by atoms with E-state index < -0.39 is 23.3 Å². The van der Waals surface area contributed by atoms with Crippen molar-refractivity contribution in [3.05, 3.63) is 65.2 Å². The number of hydrogen-bond donors (Lipinski definition) is 1. The number of halogens is 4. The van der Waals surface area contributed by atoms with E-state index in [1.807, 2.05) is 0 Å². The summed E-state index contributed by atoms with van der Waals surface area (Å²) in [5.41, 5.74) is 0.554. The van der Waals surface area contributed by atoms with Crippen LogP contribution < -0.4 is 5.32 Å². The minimum absolute atomic E-state index is 0.0983. The molecule has 0 spiro atoms. The molecule has 0 aliphatic rings. The lowest BCUT2D eigenvalue weighted by molar-refractivity contribution is 0.507. The highest BCUT2D eigenvalue weighted by Crippen LogP contribution is 2.16. The molecule has 0 heterocycles. The molecule has 0 aliphatic heterocycles. The standard InChI is InChI=1S/C13H9F4N/c14-9-2-4-13(12(17)6-9)18-7-8-1-3-10(15)11(16)5-8/h1-6,18H,7H2. The van der Waals surface area contributed by atoms with Gasteiger partial charge in [-0.25, -0.2) is 17.6 Å². The maximum absolute atomic E-state index is 13.3. The predicted octanol–water partition coefficient (Wildman–Crippen LogP) is 3.86. The zero-order valence-corrected chi connectivity index (χ0v) is 9.18. The molecule has 0 fully saturated rings. The molecule has 2 aromatic rings. The van der Waals surface area contributed by atoms with Gasteiger partial charge in [-0.3, -0.25) is 0 Å². The summed E-state index contributed by atoms with van der Waals surface area (Å²) < 4.78 is 51.5. The summed E-state index contributed by atoms with van der Waals surface area (Å²) in [6, 6.07) is 6.48. The van der Waals surface area contributed by atoms with Crippen LogP contribution in [0.4, 0.5) is 23.2 Å². The summed E-state index contributed by atoms with van der Waals surface area (Å²) in [6.07, 6.45) is 0. The largest absolute Gasteiger partial charge is 0.379 e. The van der Waals surface area contributed by atoms with Gasteiger partial charge in [0.15, 0.2) is 11.6 Å². The smallest absolute Gasteiger partial charge is 0.159 e. The first kappa shape index (κ1) is 12.4. The number of hydrogen-bond acceptors (Lipinski definition) is 1. The van der Waals surface area contributed by atoms with Gasteiger partial charge in [-0.1, -0.05) is 6.07 Å². The van der Waals surface area contributed by atoms with Crippen LogP contribution >= 0.6 is 0 Å². The van der Waals surface area contributed by atoms with Gasteiger partial charge in [0.05, 0.1) is 5.69 Å². The van der Waals surface area contributed by atoms with E-state index in [4.69, 9.17) is 0 Å². The molecule has 94 valence electrons. The van der Waals surface area contributed by atoms with Gasteiger partial charge in [0, 0.05) is 12.6 Å². The van der Waals surface area contributed by atoms with Gasteiger partial charge in [-0.05, 0) is 29.8 Å². The third-order valence-corrected chi connectivity index (χ3v) is 2.40. The molecule has 2 rings (SSSR count). The van der Waals surface area contributed by atoms with E-state index in [0.717, 1.165) is 24.3 Å². The summed E-state index contributed by atoms with van der Waals surface area (Å²) in [5, 5.41) is 2.67. The second-order valence-corrected chi connectivity index (χ2v) is 3.73. The summed E-state index contributed by atoms with van der Waals surface area (Å²) in [5.74, 6) is -3.32. The monoisotopic (exact) mass is 255 g/mol. The Balaban J connectivity index is 2.09. The second-order valence-electron chi connectivity index (χ2n) is 3.73.